The molecular weight excluding hydrogens is 234 g/mol. The molecule has 1 amide bonds. The molecule has 0 unspecified atom stereocenters. The molecule has 3 N–H and O–H groups in total. The maximum Gasteiger partial charge on any atom is 0.315 e. The molecule has 1 aromatic heterocycles. The fourth-order valence-corrected chi connectivity index (χ4v) is 1.25. The molecule has 0 spiro atoms. The van der Waals surface area contributed by atoms with Crippen LogP contribution in [0.3, 0.4) is 0 Å². The predicted octanol–water partition coefficient (Wildman–Crippen LogP) is 0.506. The van der Waals surface area contributed by atoms with Crippen molar-refractivity contribution in [2.45, 2.75) is 39.8 Å². The average Bonchev–Trinajstić information content (AvgIpc) is 2.69. The number of amides is 1. The van der Waals surface area contributed by atoms with Gasteiger partial charge in [-0.15, -0.1) is 5.10 Å². The third kappa shape index (κ3) is 5.62. The van der Waals surface area contributed by atoms with Gasteiger partial charge < -0.3 is 20.4 Å². The van der Waals surface area contributed by atoms with Gasteiger partial charge in [0.1, 0.15) is 0 Å². The predicted molar refractivity (Wildman–Crippen MR) is 68.1 cm³/mol. The molecular formula is C11H21N5O2. The fourth-order valence-electron chi connectivity index (χ4n) is 1.25. The molecule has 0 aliphatic carbocycles. The number of anilines is 1. The number of carbonyl (C=O) groups excluding carboxylic acids is 1. The van der Waals surface area contributed by atoms with E-state index >= 15 is 0 Å². The second-order valence-electron chi connectivity index (χ2n) is 4.93. The van der Waals surface area contributed by atoms with Crippen LogP contribution in [0.4, 0.5) is 6.01 Å². The van der Waals surface area contributed by atoms with Gasteiger partial charge in [-0.3, -0.25) is 4.79 Å². The lowest BCUT2D eigenvalue weighted by Gasteiger charge is -2.20. The zero-order chi connectivity index (χ0) is 13.6. The molecule has 0 atom stereocenters. The lowest BCUT2D eigenvalue weighted by Crippen LogP contribution is -2.43. The van der Waals surface area contributed by atoms with E-state index in [-0.39, 0.29) is 24.0 Å². The van der Waals surface area contributed by atoms with E-state index in [1.807, 2.05) is 27.7 Å². The van der Waals surface area contributed by atoms with E-state index in [1.54, 1.807) is 0 Å². The highest BCUT2D eigenvalue weighted by molar-refractivity contribution is 5.80. The molecule has 0 aromatic carbocycles. The third-order valence-corrected chi connectivity index (χ3v) is 1.91. The largest absolute Gasteiger partial charge is 0.407 e. The van der Waals surface area contributed by atoms with E-state index in [2.05, 4.69) is 26.1 Å². The van der Waals surface area contributed by atoms with Crippen molar-refractivity contribution < 1.29 is 9.21 Å². The topological polar surface area (TPSA) is 92.1 Å². The fraction of sp³-hybridized carbons (Fsp3) is 0.727. The lowest BCUT2D eigenvalue weighted by atomic mass is 10.1. The van der Waals surface area contributed by atoms with Crippen LogP contribution in [0.15, 0.2) is 4.42 Å². The Kier molecular flexibility index (Phi) is 5.08. The average molecular weight is 255 g/mol. The first-order chi connectivity index (χ1) is 8.40. The highest BCUT2D eigenvalue weighted by atomic mass is 16.4. The first-order valence-electron chi connectivity index (χ1n) is 5.98. The van der Waals surface area contributed by atoms with Crippen LogP contribution in [0, 0.1) is 0 Å². The molecule has 0 saturated heterocycles. The Morgan fingerprint density at radius 1 is 1.33 bits per heavy atom. The van der Waals surface area contributed by atoms with Crippen molar-refractivity contribution in [2.75, 3.05) is 18.4 Å². The molecule has 7 heteroatoms. The van der Waals surface area contributed by atoms with Crippen molar-refractivity contribution >= 4 is 11.9 Å². The summed E-state index contributed by atoms with van der Waals surface area (Å²) in [6.45, 7) is 9.23. The summed E-state index contributed by atoms with van der Waals surface area (Å²) in [6.07, 6.45) is 0. The summed E-state index contributed by atoms with van der Waals surface area (Å²) >= 11 is 0. The molecule has 0 radical (unpaired) electrons. The van der Waals surface area contributed by atoms with Gasteiger partial charge in [-0.25, -0.2) is 0 Å². The lowest BCUT2D eigenvalue weighted by molar-refractivity contribution is -0.120. The van der Waals surface area contributed by atoms with Crippen molar-refractivity contribution in [3.63, 3.8) is 0 Å². The van der Waals surface area contributed by atoms with Crippen LogP contribution >= 0.6 is 0 Å². The van der Waals surface area contributed by atoms with Crippen molar-refractivity contribution in [1.82, 2.24) is 20.8 Å². The van der Waals surface area contributed by atoms with Gasteiger partial charge >= 0.3 is 6.01 Å². The van der Waals surface area contributed by atoms with Gasteiger partial charge in [-0.05, 0) is 27.3 Å². The Bertz CT molecular complexity index is 383. The second-order valence-corrected chi connectivity index (χ2v) is 4.93. The van der Waals surface area contributed by atoms with E-state index < -0.39 is 0 Å². The maximum absolute atomic E-state index is 11.5. The molecule has 0 bridgehead atoms. The van der Waals surface area contributed by atoms with Gasteiger partial charge in [0.15, 0.2) is 0 Å². The minimum absolute atomic E-state index is 0.111. The number of carbonyl (C=O) groups is 1. The monoisotopic (exact) mass is 255 g/mol. The van der Waals surface area contributed by atoms with Crippen LogP contribution in [0.25, 0.3) is 0 Å². The van der Waals surface area contributed by atoms with Crippen LogP contribution in [-0.2, 0) is 11.3 Å². The summed E-state index contributed by atoms with van der Waals surface area (Å²) in [5.74, 6) is 0.379. The van der Waals surface area contributed by atoms with Crippen LogP contribution in [0.2, 0.25) is 0 Å². The van der Waals surface area contributed by atoms with Gasteiger partial charge in [-0.1, -0.05) is 12.0 Å². The summed E-state index contributed by atoms with van der Waals surface area (Å²) < 4.78 is 5.29. The summed E-state index contributed by atoms with van der Waals surface area (Å²) in [6, 6.07) is 0.256. The zero-order valence-corrected chi connectivity index (χ0v) is 11.3. The number of nitrogens with one attached hydrogen (secondary N) is 3. The Hall–Kier alpha value is -1.63. The van der Waals surface area contributed by atoms with Gasteiger partial charge in [-0.2, -0.15) is 0 Å². The number of rotatable bonds is 6. The smallest absolute Gasteiger partial charge is 0.315 e. The van der Waals surface area contributed by atoms with E-state index in [4.69, 9.17) is 4.42 Å². The van der Waals surface area contributed by atoms with E-state index in [9.17, 15) is 4.79 Å². The first kappa shape index (κ1) is 14.4. The minimum atomic E-state index is -0.246. The number of hydrogen-bond donors (Lipinski definition) is 3. The molecule has 1 heterocycles. The molecule has 102 valence electrons. The van der Waals surface area contributed by atoms with Gasteiger partial charge in [0, 0.05) is 5.54 Å². The van der Waals surface area contributed by atoms with Crippen LogP contribution < -0.4 is 16.0 Å². The molecule has 1 rings (SSSR count). The SMILES string of the molecule is CCNCc1nnc(NCC(=O)NC(C)(C)C)o1. The Morgan fingerprint density at radius 3 is 2.67 bits per heavy atom. The molecule has 0 fully saturated rings. The summed E-state index contributed by atoms with van der Waals surface area (Å²) in [7, 11) is 0. The number of hydrogen-bond acceptors (Lipinski definition) is 6. The molecule has 7 nitrogen and oxygen atoms in total. The van der Waals surface area contributed by atoms with Gasteiger partial charge in [0.25, 0.3) is 0 Å². The van der Waals surface area contributed by atoms with Crippen molar-refractivity contribution in [2.24, 2.45) is 0 Å². The van der Waals surface area contributed by atoms with E-state index in [0.717, 1.165) is 6.54 Å². The highest BCUT2D eigenvalue weighted by Crippen LogP contribution is 2.04. The summed E-state index contributed by atoms with van der Waals surface area (Å²) in [5, 5.41) is 16.3. The van der Waals surface area contributed by atoms with Crippen LogP contribution in [0.5, 0.6) is 0 Å². The normalized spacial score (nSPS) is 11.3. The van der Waals surface area contributed by atoms with E-state index in [0.29, 0.717) is 12.4 Å². The van der Waals surface area contributed by atoms with Gasteiger partial charge in [0.2, 0.25) is 11.8 Å². The van der Waals surface area contributed by atoms with Gasteiger partial charge in [0.05, 0.1) is 13.1 Å². The molecule has 0 aliphatic rings. The van der Waals surface area contributed by atoms with Crippen molar-refractivity contribution in [3.05, 3.63) is 5.89 Å². The van der Waals surface area contributed by atoms with Crippen molar-refractivity contribution in [3.8, 4) is 0 Å². The minimum Gasteiger partial charge on any atom is -0.407 e. The van der Waals surface area contributed by atoms with Crippen molar-refractivity contribution in [1.29, 1.82) is 0 Å². The Morgan fingerprint density at radius 2 is 2.06 bits per heavy atom. The number of aromatic nitrogens is 2. The van der Waals surface area contributed by atoms with E-state index in [1.165, 1.54) is 0 Å². The Labute approximate surface area is 107 Å². The second kappa shape index (κ2) is 6.34. The summed E-state index contributed by atoms with van der Waals surface area (Å²) in [5.41, 5.74) is -0.246. The number of nitrogens with zero attached hydrogens (tertiary/aromatic N) is 2. The maximum atomic E-state index is 11.5. The van der Waals surface area contributed by atoms with Crippen LogP contribution in [0.1, 0.15) is 33.6 Å². The standard InChI is InChI=1S/C11H21N5O2/c1-5-12-7-9-15-16-10(18-9)13-6-8(17)14-11(2,3)4/h12H,5-7H2,1-4H3,(H,13,16)(H,14,17). The Balaban J connectivity index is 2.35. The molecule has 0 aliphatic heterocycles. The van der Waals surface area contributed by atoms with Crippen LogP contribution in [-0.4, -0.2) is 34.7 Å². The quantitative estimate of drug-likeness (QED) is 0.686. The zero-order valence-electron chi connectivity index (χ0n) is 11.3. The molecule has 0 saturated carbocycles. The first-order valence-corrected chi connectivity index (χ1v) is 5.98. The third-order valence-electron chi connectivity index (χ3n) is 1.91. The molecule has 18 heavy (non-hydrogen) atoms. The highest BCUT2D eigenvalue weighted by Gasteiger charge is 2.14. The molecule has 1 aromatic rings. The summed E-state index contributed by atoms with van der Waals surface area (Å²) in [4.78, 5) is 11.5.